The molecule has 0 amide bonds. The van der Waals surface area contributed by atoms with Crippen LogP contribution in [0.4, 0.5) is 0 Å². The van der Waals surface area contributed by atoms with Crippen molar-refractivity contribution in [2.24, 2.45) is 29.6 Å². The van der Waals surface area contributed by atoms with Crippen LogP contribution in [-0.4, -0.2) is 34.4 Å². The van der Waals surface area contributed by atoms with E-state index in [9.17, 15) is 14.7 Å². The SMILES string of the molecule is Cl.NOC(=O)C1C(OCc2ccc(Cl)c(Cl)c2)C(O)C2C(C(=O)O)C12. The number of carboxylic acid groups (broad SMARTS) is 1. The normalized spacial score (nSPS) is 32.5. The minimum Gasteiger partial charge on any atom is -0.481 e. The predicted octanol–water partition coefficient (Wildman–Crippen LogP) is 1.65. The summed E-state index contributed by atoms with van der Waals surface area (Å²) in [5.41, 5.74) is 0.701. The topological polar surface area (TPSA) is 119 Å². The van der Waals surface area contributed by atoms with Crippen molar-refractivity contribution in [2.45, 2.75) is 18.8 Å². The summed E-state index contributed by atoms with van der Waals surface area (Å²) < 4.78 is 5.66. The molecule has 6 unspecified atom stereocenters. The van der Waals surface area contributed by atoms with Crippen LogP contribution in [0.1, 0.15) is 5.56 Å². The van der Waals surface area contributed by atoms with E-state index in [1.807, 2.05) is 0 Å². The van der Waals surface area contributed by atoms with Gasteiger partial charge in [-0.3, -0.25) is 4.79 Å². The Kier molecular flexibility index (Phi) is 6.19. The number of ether oxygens (including phenoxy) is 1. The van der Waals surface area contributed by atoms with Crippen LogP contribution in [0.3, 0.4) is 0 Å². The number of aliphatic hydroxyl groups is 1. The van der Waals surface area contributed by atoms with Gasteiger partial charge in [-0.2, -0.15) is 5.90 Å². The minimum atomic E-state index is -1.08. The third kappa shape index (κ3) is 3.58. The maximum atomic E-state index is 11.9. The lowest BCUT2D eigenvalue weighted by Gasteiger charge is -2.25. The van der Waals surface area contributed by atoms with Crippen molar-refractivity contribution in [3.63, 3.8) is 0 Å². The molecule has 6 atom stereocenters. The van der Waals surface area contributed by atoms with Gasteiger partial charge in [-0.1, -0.05) is 29.3 Å². The average Bonchev–Trinajstić information content (AvgIpc) is 3.22. The summed E-state index contributed by atoms with van der Waals surface area (Å²) in [4.78, 5) is 27.3. The number of nitrogens with two attached hydrogens (primary N) is 1. The molecular formula is C15H16Cl3NO6. The van der Waals surface area contributed by atoms with Crippen molar-refractivity contribution < 1.29 is 29.4 Å². The Morgan fingerprint density at radius 3 is 2.40 bits per heavy atom. The van der Waals surface area contributed by atoms with E-state index in [0.29, 0.717) is 15.6 Å². The highest BCUT2D eigenvalue weighted by Crippen LogP contribution is 2.61. The monoisotopic (exact) mass is 411 g/mol. The Hall–Kier alpha value is -1.09. The molecule has 10 heteroatoms. The Morgan fingerprint density at radius 2 is 1.84 bits per heavy atom. The second-order valence-electron chi connectivity index (χ2n) is 6.00. The number of carbonyl (C=O) groups excluding carboxylic acids is 1. The zero-order valence-corrected chi connectivity index (χ0v) is 15.0. The van der Waals surface area contributed by atoms with Crippen LogP contribution < -0.4 is 5.90 Å². The minimum absolute atomic E-state index is 0. The van der Waals surface area contributed by atoms with E-state index in [2.05, 4.69) is 4.84 Å². The quantitative estimate of drug-likeness (QED) is 0.629. The second-order valence-corrected chi connectivity index (χ2v) is 6.81. The molecule has 0 heterocycles. The molecule has 1 aromatic carbocycles. The van der Waals surface area contributed by atoms with Gasteiger partial charge in [0.2, 0.25) is 0 Å². The van der Waals surface area contributed by atoms with Gasteiger partial charge in [-0.25, -0.2) is 4.79 Å². The second kappa shape index (κ2) is 7.65. The Balaban J connectivity index is 0.00000225. The molecular weight excluding hydrogens is 397 g/mol. The summed E-state index contributed by atoms with van der Waals surface area (Å²) in [6.07, 6.45) is -1.97. The Bertz CT molecular complexity index is 687. The number of aliphatic carboxylic acids is 1. The molecule has 2 saturated carbocycles. The molecule has 0 radical (unpaired) electrons. The first-order valence-electron chi connectivity index (χ1n) is 7.23. The van der Waals surface area contributed by atoms with Crippen molar-refractivity contribution in [2.75, 3.05) is 0 Å². The number of carbonyl (C=O) groups is 2. The van der Waals surface area contributed by atoms with E-state index >= 15 is 0 Å². The Labute approximate surface area is 159 Å². The van der Waals surface area contributed by atoms with E-state index in [1.165, 1.54) is 0 Å². The van der Waals surface area contributed by atoms with Gasteiger partial charge in [0.05, 0.1) is 40.7 Å². The summed E-state index contributed by atoms with van der Waals surface area (Å²) in [5, 5.41) is 20.2. The van der Waals surface area contributed by atoms with Crippen molar-refractivity contribution in [1.29, 1.82) is 0 Å². The van der Waals surface area contributed by atoms with E-state index in [4.69, 9.17) is 38.9 Å². The number of hydrogen-bond donors (Lipinski definition) is 3. The Morgan fingerprint density at radius 1 is 1.16 bits per heavy atom. The fraction of sp³-hybridized carbons (Fsp3) is 0.467. The molecule has 2 aliphatic rings. The van der Waals surface area contributed by atoms with Gasteiger partial charge in [-0.05, 0) is 23.6 Å². The number of halogens is 3. The van der Waals surface area contributed by atoms with Crippen LogP contribution in [0.2, 0.25) is 10.0 Å². The summed E-state index contributed by atoms with van der Waals surface area (Å²) in [5.74, 6) is 0.325. The molecule has 138 valence electrons. The van der Waals surface area contributed by atoms with Gasteiger partial charge in [0, 0.05) is 5.92 Å². The molecule has 25 heavy (non-hydrogen) atoms. The molecule has 1 aromatic rings. The first-order valence-corrected chi connectivity index (χ1v) is 7.99. The van der Waals surface area contributed by atoms with Crippen molar-refractivity contribution in [3.8, 4) is 0 Å². The predicted molar refractivity (Wildman–Crippen MR) is 90.2 cm³/mol. The molecule has 0 spiro atoms. The number of aliphatic hydroxyl groups excluding tert-OH is 1. The zero-order valence-electron chi connectivity index (χ0n) is 12.7. The van der Waals surface area contributed by atoms with Gasteiger partial charge in [-0.15, -0.1) is 12.4 Å². The molecule has 0 saturated heterocycles. The van der Waals surface area contributed by atoms with Crippen molar-refractivity contribution >= 4 is 47.5 Å². The first-order chi connectivity index (χ1) is 11.4. The third-order valence-corrected chi connectivity index (χ3v) is 5.47. The summed E-state index contributed by atoms with van der Waals surface area (Å²) in [6, 6.07) is 4.92. The maximum Gasteiger partial charge on any atom is 0.330 e. The average molecular weight is 413 g/mol. The van der Waals surface area contributed by atoms with Crippen LogP contribution in [0.25, 0.3) is 0 Å². The van der Waals surface area contributed by atoms with Gasteiger partial charge >= 0.3 is 11.9 Å². The van der Waals surface area contributed by atoms with E-state index in [-0.39, 0.29) is 19.0 Å². The smallest absolute Gasteiger partial charge is 0.330 e. The molecule has 0 aromatic heterocycles. The fourth-order valence-electron chi connectivity index (χ4n) is 3.64. The lowest BCUT2D eigenvalue weighted by Crippen LogP contribution is -2.40. The van der Waals surface area contributed by atoms with Crippen LogP contribution in [-0.2, 0) is 25.8 Å². The third-order valence-electron chi connectivity index (χ3n) is 4.73. The highest BCUT2D eigenvalue weighted by Gasteiger charge is 2.72. The number of carboxylic acids is 1. The molecule has 7 nitrogen and oxygen atoms in total. The first kappa shape index (κ1) is 20.2. The van der Waals surface area contributed by atoms with E-state index < -0.39 is 47.8 Å². The van der Waals surface area contributed by atoms with Gasteiger partial charge in [0.1, 0.15) is 0 Å². The van der Waals surface area contributed by atoms with E-state index in [1.54, 1.807) is 18.2 Å². The highest BCUT2D eigenvalue weighted by molar-refractivity contribution is 6.42. The summed E-state index contributed by atoms with van der Waals surface area (Å²) in [7, 11) is 0. The van der Waals surface area contributed by atoms with Crippen LogP contribution in [0, 0.1) is 23.7 Å². The van der Waals surface area contributed by atoms with Crippen LogP contribution >= 0.6 is 35.6 Å². The highest BCUT2D eigenvalue weighted by atomic mass is 35.5. The molecule has 2 fully saturated rings. The summed E-state index contributed by atoms with van der Waals surface area (Å²) >= 11 is 11.8. The van der Waals surface area contributed by atoms with Crippen LogP contribution in [0.5, 0.6) is 0 Å². The molecule has 2 aliphatic carbocycles. The fourth-order valence-corrected chi connectivity index (χ4v) is 3.96. The maximum absolute atomic E-state index is 11.9. The molecule has 4 N–H and O–H groups in total. The van der Waals surface area contributed by atoms with Gasteiger partial charge in [0.25, 0.3) is 0 Å². The standard InChI is InChI=1S/C15H15Cl2NO6.ClH/c16-6-2-1-5(3-7(6)17)4-23-13-11(15(22)24-18)8-9(12(13)19)10(8)14(20)21;/h1-3,8-13,19H,4,18H2,(H,20,21);1H. The lowest BCUT2D eigenvalue weighted by molar-refractivity contribution is -0.160. The molecule has 0 aliphatic heterocycles. The number of fused-ring (bicyclic) bond motifs is 1. The van der Waals surface area contributed by atoms with Crippen LogP contribution in [0.15, 0.2) is 18.2 Å². The number of rotatable bonds is 5. The number of benzene rings is 1. The van der Waals surface area contributed by atoms with Gasteiger partial charge < -0.3 is 19.8 Å². The largest absolute Gasteiger partial charge is 0.481 e. The van der Waals surface area contributed by atoms with E-state index in [0.717, 1.165) is 0 Å². The zero-order chi connectivity index (χ0) is 17.6. The number of hydrogen-bond acceptors (Lipinski definition) is 6. The van der Waals surface area contributed by atoms with Crippen molar-refractivity contribution in [3.05, 3.63) is 33.8 Å². The molecule has 3 rings (SSSR count). The van der Waals surface area contributed by atoms with Crippen molar-refractivity contribution in [1.82, 2.24) is 0 Å². The lowest BCUT2D eigenvalue weighted by atomic mass is 9.95. The molecule has 0 bridgehead atoms. The van der Waals surface area contributed by atoms with Gasteiger partial charge in [0.15, 0.2) is 0 Å². The summed E-state index contributed by atoms with van der Waals surface area (Å²) in [6.45, 7) is 0.0736.